The molecule has 0 radical (unpaired) electrons. The van der Waals surface area contributed by atoms with Gasteiger partial charge in [0, 0.05) is 17.3 Å². The van der Waals surface area contributed by atoms with Gasteiger partial charge in [0.25, 0.3) is 10.1 Å². The van der Waals surface area contributed by atoms with Gasteiger partial charge in [-0.1, -0.05) is 32.5 Å². The van der Waals surface area contributed by atoms with Crippen LogP contribution in [0.25, 0.3) is 0 Å². The zero-order valence-electron chi connectivity index (χ0n) is 13.5. The minimum Gasteiger partial charge on any atom is -0.459 e. The third-order valence-electron chi connectivity index (χ3n) is 5.44. The number of hydrogen-bond acceptors (Lipinski definition) is 7. The van der Waals surface area contributed by atoms with Crippen molar-refractivity contribution >= 4 is 33.0 Å². The summed E-state index contributed by atoms with van der Waals surface area (Å²) in [4.78, 5) is 24.1. The minimum atomic E-state index is -3.50. The zero-order chi connectivity index (χ0) is 17.0. The Morgan fingerprint density at radius 3 is 2.65 bits per heavy atom. The fourth-order valence-corrected chi connectivity index (χ4v) is 6.43. The molecule has 0 aromatic rings. The molecule has 0 spiro atoms. The van der Waals surface area contributed by atoms with Gasteiger partial charge in [0.1, 0.15) is 12.2 Å². The molecule has 2 saturated carbocycles. The molecule has 1 saturated heterocycles. The standard InChI is InChI=1S/C15H22O6S2/c1-4-15(2,3)14(17)22-7-11(16)20-12-8-5-9-10(6-8)23(18,19)21-13(9)12/h8-10,12-13H,4-7H2,1-3H3. The lowest BCUT2D eigenvalue weighted by Gasteiger charge is -2.25. The first-order valence-electron chi connectivity index (χ1n) is 7.94. The molecule has 0 amide bonds. The number of ether oxygens (including phenoxy) is 1. The van der Waals surface area contributed by atoms with Crippen LogP contribution in [-0.4, -0.2) is 42.7 Å². The van der Waals surface area contributed by atoms with E-state index in [0.29, 0.717) is 12.8 Å². The van der Waals surface area contributed by atoms with Crippen molar-refractivity contribution in [3.05, 3.63) is 0 Å². The van der Waals surface area contributed by atoms with Crippen LogP contribution in [0.4, 0.5) is 0 Å². The van der Waals surface area contributed by atoms with Crippen molar-refractivity contribution in [3.63, 3.8) is 0 Å². The summed E-state index contributed by atoms with van der Waals surface area (Å²) in [6, 6.07) is 0. The third-order valence-corrected chi connectivity index (χ3v) is 8.41. The molecule has 2 bridgehead atoms. The molecule has 8 heteroatoms. The molecule has 3 rings (SSSR count). The first kappa shape index (κ1) is 17.2. The van der Waals surface area contributed by atoms with Crippen molar-refractivity contribution in [2.45, 2.75) is 57.5 Å². The second kappa shape index (κ2) is 5.74. The van der Waals surface area contributed by atoms with Gasteiger partial charge >= 0.3 is 5.97 Å². The van der Waals surface area contributed by atoms with Crippen LogP contribution in [0.3, 0.4) is 0 Å². The SMILES string of the molecule is CCC(C)(C)C(=O)SCC(=O)OC1C2CC3C1OS(=O)(=O)C3C2. The van der Waals surface area contributed by atoms with Gasteiger partial charge < -0.3 is 4.74 Å². The van der Waals surface area contributed by atoms with Crippen molar-refractivity contribution < 1.29 is 26.9 Å². The highest BCUT2D eigenvalue weighted by molar-refractivity contribution is 8.14. The molecule has 3 fully saturated rings. The molecule has 3 aliphatic rings. The van der Waals surface area contributed by atoms with E-state index in [1.54, 1.807) is 0 Å². The highest BCUT2D eigenvalue weighted by atomic mass is 32.2. The van der Waals surface area contributed by atoms with Crippen LogP contribution < -0.4 is 0 Å². The van der Waals surface area contributed by atoms with Crippen LogP contribution in [0.15, 0.2) is 0 Å². The van der Waals surface area contributed by atoms with E-state index in [9.17, 15) is 18.0 Å². The molecule has 6 nitrogen and oxygen atoms in total. The summed E-state index contributed by atoms with van der Waals surface area (Å²) in [6.45, 7) is 5.63. The van der Waals surface area contributed by atoms with Gasteiger partial charge in [-0.3, -0.25) is 13.8 Å². The number of fused-ring (bicyclic) bond motifs is 1. The Kier molecular flexibility index (Phi) is 4.30. The predicted molar refractivity (Wildman–Crippen MR) is 85.2 cm³/mol. The molecular formula is C15H22O6S2. The quantitative estimate of drug-likeness (QED) is 0.544. The lowest BCUT2D eigenvalue weighted by atomic mass is 9.92. The van der Waals surface area contributed by atoms with Crippen molar-refractivity contribution in [3.8, 4) is 0 Å². The summed E-state index contributed by atoms with van der Waals surface area (Å²) in [7, 11) is -3.50. The highest BCUT2D eigenvalue weighted by Crippen LogP contribution is 2.55. The van der Waals surface area contributed by atoms with E-state index in [2.05, 4.69) is 0 Å². The van der Waals surface area contributed by atoms with E-state index < -0.39 is 39.0 Å². The second-order valence-corrected chi connectivity index (χ2v) is 9.99. The Morgan fingerprint density at radius 2 is 2.00 bits per heavy atom. The molecule has 23 heavy (non-hydrogen) atoms. The second-order valence-electron chi connectivity index (χ2n) is 7.26. The summed E-state index contributed by atoms with van der Waals surface area (Å²) in [6.07, 6.45) is 0.934. The largest absolute Gasteiger partial charge is 0.459 e. The molecule has 130 valence electrons. The number of carbonyl (C=O) groups excluding carboxylic acids is 2. The Hall–Kier alpha value is -0.600. The molecular weight excluding hydrogens is 340 g/mol. The van der Waals surface area contributed by atoms with E-state index in [1.807, 2.05) is 20.8 Å². The van der Waals surface area contributed by atoms with Gasteiger partial charge in [-0.15, -0.1) is 0 Å². The normalized spacial score (nSPS) is 37.1. The number of hydrogen-bond donors (Lipinski definition) is 0. The Balaban J connectivity index is 1.55. The van der Waals surface area contributed by atoms with Crippen LogP contribution in [0.5, 0.6) is 0 Å². The molecule has 1 heterocycles. The maximum atomic E-state index is 12.0. The van der Waals surface area contributed by atoms with E-state index in [1.165, 1.54) is 0 Å². The van der Waals surface area contributed by atoms with Crippen LogP contribution in [0.2, 0.25) is 0 Å². The average molecular weight is 362 g/mol. The minimum absolute atomic E-state index is 0.0374. The van der Waals surface area contributed by atoms with Gasteiger partial charge in [0.15, 0.2) is 5.12 Å². The van der Waals surface area contributed by atoms with Crippen LogP contribution in [-0.2, 0) is 28.6 Å². The molecule has 0 aromatic carbocycles. The van der Waals surface area contributed by atoms with E-state index in [0.717, 1.165) is 18.2 Å². The fraction of sp³-hybridized carbons (Fsp3) is 0.867. The number of esters is 1. The van der Waals surface area contributed by atoms with E-state index in [-0.39, 0.29) is 22.7 Å². The highest BCUT2D eigenvalue weighted by Gasteiger charge is 2.65. The monoisotopic (exact) mass is 362 g/mol. The molecule has 5 unspecified atom stereocenters. The molecule has 0 N–H and O–H groups in total. The van der Waals surface area contributed by atoms with Crippen molar-refractivity contribution in [1.29, 1.82) is 0 Å². The number of rotatable bonds is 5. The predicted octanol–water partition coefficient (Wildman–Crippen LogP) is 1.73. The molecule has 2 aliphatic carbocycles. The van der Waals surface area contributed by atoms with E-state index >= 15 is 0 Å². The van der Waals surface area contributed by atoms with Gasteiger partial charge in [-0.05, 0) is 19.3 Å². The first-order valence-corrected chi connectivity index (χ1v) is 10.4. The fourth-order valence-electron chi connectivity index (χ4n) is 3.69. The van der Waals surface area contributed by atoms with Gasteiger partial charge in [-0.25, -0.2) is 0 Å². The van der Waals surface area contributed by atoms with Crippen LogP contribution in [0.1, 0.15) is 40.0 Å². The lowest BCUT2D eigenvalue weighted by molar-refractivity contribution is -0.152. The summed E-state index contributed by atoms with van der Waals surface area (Å²) >= 11 is 0.966. The Bertz CT molecular complexity index is 626. The Morgan fingerprint density at radius 1 is 1.30 bits per heavy atom. The maximum absolute atomic E-state index is 12.0. The maximum Gasteiger partial charge on any atom is 0.316 e. The topological polar surface area (TPSA) is 86.7 Å². The van der Waals surface area contributed by atoms with E-state index in [4.69, 9.17) is 8.92 Å². The van der Waals surface area contributed by atoms with Crippen LogP contribution in [0, 0.1) is 17.3 Å². The summed E-state index contributed by atoms with van der Waals surface area (Å²) in [5.41, 5.74) is -0.465. The van der Waals surface area contributed by atoms with Gasteiger partial charge in [-0.2, -0.15) is 8.42 Å². The molecule has 1 aliphatic heterocycles. The molecule has 0 aromatic heterocycles. The van der Waals surface area contributed by atoms with Crippen LogP contribution >= 0.6 is 11.8 Å². The van der Waals surface area contributed by atoms with Crippen molar-refractivity contribution in [2.75, 3.05) is 5.75 Å². The summed E-state index contributed by atoms with van der Waals surface area (Å²) < 4.78 is 34.3. The zero-order valence-corrected chi connectivity index (χ0v) is 15.1. The molecule has 5 atom stereocenters. The smallest absolute Gasteiger partial charge is 0.316 e. The average Bonchev–Trinajstić information content (AvgIpc) is 3.08. The number of carbonyl (C=O) groups is 2. The first-order chi connectivity index (χ1) is 10.7. The van der Waals surface area contributed by atoms with Crippen molar-refractivity contribution in [2.24, 2.45) is 17.3 Å². The van der Waals surface area contributed by atoms with Gasteiger partial charge in [0.05, 0.1) is 11.0 Å². The third kappa shape index (κ3) is 2.93. The summed E-state index contributed by atoms with van der Waals surface area (Å²) in [5, 5.41) is -0.460. The lowest BCUT2D eigenvalue weighted by Crippen LogP contribution is -2.37. The number of thioether (sulfide) groups is 1. The van der Waals surface area contributed by atoms with Crippen molar-refractivity contribution in [1.82, 2.24) is 0 Å². The Labute approximate surface area is 140 Å². The summed E-state index contributed by atoms with van der Waals surface area (Å²) in [5.74, 6) is -0.503. The van der Waals surface area contributed by atoms with Gasteiger partial charge in [0.2, 0.25) is 0 Å².